The summed E-state index contributed by atoms with van der Waals surface area (Å²) >= 11 is 0. The van der Waals surface area contributed by atoms with E-state index in [9.17, 15) is 14.9 Å². The molecule has 1 aliphatic rings. The van der Waals surface area contributed by atoms with E-state index >= 15 is 0 Å². The van der Waals surface area contributed by atoms with Crippen LogP contribution in [0.5, 0.6) is 0 Å². The molecule has 0 spiro atoms. The standard InChI is InChI=1S/C14H15N5O3/c20-14(18-6-5-15-11-18)17-9-7-16(8-10-17)12-1-3-13(4-2-12)19(21)22/h1-6,11H,7-10H2. The molecule has 0 aliphatic carbocycles. The van der Waals surface area contributed by atoms with Crippen molar-refractivity contribution in [1.29, 1.82) is 0 Å². The Kier molecular flexibility index (Phi) is 3.73. The van der Waals surface area contributed by atoms with E-state index in [1.165, 1.54) is 23.0 Å². The molecule has 22 heavy (non-hydrogen) atoms. The maximum Gasteiger partial charge on any atom is 0.329 e. The Labute approximate surface area is 126 Å². The van der Waals surface area contributed by atoms with Crippen molar-refractivity contribution >= 4 is 17.4 Å². The van der Waals surface area contributed by atoms with Crippen molar-refractivity contribution < 1.29 is 9.72 Å². The first-order valence-electron chi connectivity index (χ1n) is 6.92. The lowest BCUT2D eigenvalue weighted by Gasteiger charge is -2.35. The van der Waals surface area contributed by atoms with Crippen LogP contribution in [0.2, 0.25) is 0 Å². The summed E-state index contributed by atoms with van der Waals surface area (Å²) in [7, 11) is 0. The molecule has 114 valence electrons. The van der Waals surface area contributed by atoms with Gasteiger partial charge >= 0.3 is 6.03 Å². The molecule has 0 N–H and O–H groups in total. The maximum atomic E-state index is 12.2. The van der Waals surface area contributed by atoms with Crippen LogP contribution in [-0.4, -0.2) is 51.6 Å². The number of nitro groups is 1. The number of anilines is 1. The zero-order valence-corrected chi connectivity index (χ0v) is 11.8. The predicted octanol–water partition coefficient (Wildman–Crippen LogP) is 1.58. The number of rotatable bonds is 2. The van der Waals surface area contributed by atoms with Crippen LogP contribution in [0.15, 0.2) is 43.0 Å². The number of non-ortho nitro benzene ring substituents is 1. The van der Waals surface area contributed by atoms with Crippen LogP contribution < -0.4 is 4.90 Å². The average Bonchev–Trinajstić information content (AvgIpc) is 3.09. The largest absolute Gasteiger partial charge is 0.368 e. The SMILES string of the molecule is O=C(N1CCN(c2ccc([N+](=O)[O-])cc2)CC1)n1ccnc1. The molecule has 0 unspecified atom stereocenters. The average molecular weight is 301 g/mol. The van der Waals surface area contributed by atoms with E-state index in [2.05, 4.69) is 9.88 Å². The highest BCUT2D eigenvalue weighted by molar-refractivity contribution is 5.77. The smallest absolute Gasteiger partial charge is 0.329 e. The van der Waals surface area contributed by atoms with Gasteiger partial charge < -0.3 is 9.80 Å². The molecule has 8 nitrogen and oxygen atoms in total. The molecule has 1 aromatic heterocycles. The van der Waals surface area contributed by atoms with E-state index in [4.69, 9.17) is 0 Å². The maximum absolute atomic E-state index is 12.2. The summed E-state index contributed by atoms with van der Waals surface area (Å²) in [4.78, 5) is 30.2. The number of benzene rings is 1. The third kappa shape index (κ3) is 2.76. The lowest BCUT2D eigenvalue weighted by Crippen LogP contribution is -2.49. The molecule has 0 bridgehead atoms. The minimum atomic E-state index is -0.411. The highest BCUT2D eigenvalue weighted by Crippen LogP contribution is 2.20. The van der Waals surface area contributed by atoms with Crippen LogP contribution in [-0.2, 0) is 0 Å². The highest BCUT2D eigenvalue weighted by Gasteiger charge is 2.22. The molecule has 8 heteroatoms. The van der Waals surface area contributed by atoms with Gasteiger partial charge in [0.05, 0.1) is 4.92 Å². The molecule has 0 radical (unpaired) electrons. The van der Waals surface area contributed by atoms with Crippen LogP contribution in [0.3, 0.4) is 0 Å². The lowest BCUT2D eigenvalue weighted by atomic mass is 10.2. The predicted molar refractivity (Wildman–Crippen MR) is 79.9 cm³/mol. The second-order valence-corrected chi connectivity index (χ2v) is 5.00. The van der Waals surface area contributed by atoms with E-state index in [1.807, 2.05) is 0 Å². The molecule has 3 rings (SSSR count). The van der Waals surface area contributed by atoms with Crippen LogP contribution in [0.4, 0.5) is 16.2 Å². The molecule has 1 aliphatic heterocycles. The quantitative estimate of drug-likeness (QED) is 0.621. The number of nitrogens with zero attached hydrogens (tertiary/aromatic N) is 5. The van der Waals surface area contributed by atoms with Gasteiger partial charge in [-0.1, -0.05) is 0 Å². The molecule has 0 saturated carbocycles. The number of hydrogen-bond acceptors (Lipinski definition) is 5. The van der Waals surface area contributed by atoms with Crippen molar-refractivity contribution in [2.75, 3.05) is 31.1 Å². The van der Waals surface area contributed by atoms with Crippen molar-refractivity contribution in [2.45, 2.75) is 0 Å². The van der Waals surface area contributed by atoms with Crippen LogP contribution in [0, 0.1) is 10.1 Å². The van der Waals surface area contributed by atoms with E-state index in [1.54, 1.807) is 29.4 Å². The number of carbonyl (C=O) groups is 1. The molecule has 2 aromatic rings. The fourth-order valence-corrected chi connectivity index (χ4v) is 2.48. The van der Waals surface area contributed by atoms with Gasteiger partial charge in [0.1, 0.15) is 6.33 Å². The van der Waals surface area contributed by atoms with Crippen LogP contribution in [0.25, 0.3) is 0 Å². The minimum Gasteiger partial charge on any atom is -0.368 e. The first-order valence-corrected chi connectivity index (χ1v) is 6.92. The Morgan fingerprint density at radius 3 is 2.36 bits per heavy atom. The summed E-state index contributed by atoms with van der Waals surface area (Å²) in [5, 5.41) is 10.7. The third-order valence-electron chi connectivity index (χ3n) is 3.70. The summed E-state index contributed by atoms with van der Waals surface area (Å²) in [6.07, 6.45) is 4.70. The fraction of sp³-hybridized carbons (Fsp3) is 0.286. The van der Waals surface area contributed by atoms with E-state index in [0.717, 1.165) is 5.69 Å². The zero-order chi connectivity index (χ0) is 15.5. The molecular formula is C14H15N5O3. The van der Waals surface area contributed by atoms with Crippen molar-refractivity contribution in [3.05, 3.63) is 53.1 Å². The molecular weight excluding hydrogens is 286 g/mol. The summed E-state index contributed by atoms with van der Waals surface area (Å²) in [5.41, 5.74) is 1.01. The van der Waals surface area contributed by atoms with Crippen LogP contribution >= 0.6 is 0 Å². The number of aromatic nitrogens is 2. The second-order valence-electron chi connectivity index (χ2n) is 5.00. The zero-order valence-electron chi connectivity index (χ0n) is 11.8. The van der Waals surface area contributed by atoms with Crippen molar-refractivity contribution in [3.8, 4) is 0 Å². The van der Waals surface area contributed by atoms with Gasteiger partial charge in [-0.15, -0.1) is 0 Å². The Hall–Kier alpha value is -2.90. The summed E-state index contributed by atoms with van der Waals surface area (Å²) in [6, 6.07) is 6.40. The molecule has 1 aromatic carbocycles. The van der Waals surface area contributed by atoms with E-state index in [-0.39, 0.29) is 11.7 Å². The Morgan fingerprint density at radius 1 is 1.14 bits per heavy atom. The lowest BCUT2D eigenvalue weighted by molar-refractivity contribution is -0.384. The van der Waals surface area contributed by atoms with Crippen molar-refractivity contribution in [3.63, 3.8) is 0 Å². The first-order chi connectivity index (χ1) is 10.6. The summed E-state index contributed by atoms with van der Waals surface area (Å²) < 4.78 is 1.46. The van der Waals surface area contributed by atoms with E-state index in [0.29, 0.717) is 26.2 Å². The van der Waals surface area contributed by atoms with Gasteiger partial charge in [-0.05, 0) is 12.1 Å². The molecule has 1 saturated heterocycles. The minimum absolute atomic E-state index is 0.0812. The highest BCUT2D eigenvalue weighted by atomic mass is 16.6. The van der Waals surface area contributed by atoms with E-state index < -0.39 is 4.92 Å². The monoisotopic (exact) mass is 301 g/mol. The van der Waals surface area contributed by atoms with Crippen molar-refractivity contribution in [2.24, 2.45) is 0 Å². The number of carbonyl (C=O) groups excluding carboxylic acids is 1. The Morgan fingerprint density at radius 2 is 1.82 bits per heavy atom. The van der Waals surface area contributed by atoms with Gasteiger partial charge in [-0.3, -0.25) is 14.7 Å². The number of hydrogen-bond donors (Lipinski definition) is 0. The van der Waals surface area contributed by atoms with Crippen molar-refractivity contribution in [1.82, 2.24) is 14.5 Å². The molecule has 1 amide bonds. The number of imidazole rings is 1. The molecule has 0 atom stereocenters. The van der Waals surface area contributed by atoms with Gasteiger partial charge in [0, 0.05) is 56.4 Å². The number of amides is 1. The number of piperazine rings is 1. The first kappa shape index (κ1) is 14.1. The van der Waals surface area contributed by atoms with Gasteiger partial charge in [-0.2, -0.15) is 0 Å². The fourth-order valence-electron chi connectivity index (χ4n) is 2.48. The molecule has 2 heterocycles. The summed E-state index contributed by atoms with van der Waals surface area (Å²) in [6.45, 7) is 2.60. The Balaban J connectivity index is 1.62. The molecule has 1 fully saturated rings. The normalized spacial score (nSPS) is 14.9. The third-order valence-corrected chi connectivity index (χ3v) is 3.70. The van der Waals surface area contributed by atoms with Gasteiger partial charge in [0.25, 0.3) is 5.69 Å². The second kappa shape index (κ2) is 5.84. The van der Waals surface area contributed by atoms with Gasteiger partial charge in [0.15, 0.2) is 0 Å². The number of nitro benzene ring substituents is 1. The van der Waals surface area contributed by atoms with Crippen LogP contribution in [0.1, 0.15) is 0 Å². The van der Waals surface area contributed by atoms with Gasteiger partial charge in [0.2, 0.25) is 0 Å². The Bertz CT molecular complexity index is 660. The van der Waals surface area contributed by atoms with Gasteiger partial charge in [-0.25, -0.2) is 9.78 Å². The summed E-state index contributed by atoms with van der Waals surface area (Å²) in [5.74, 6) is 0. The topological polar surface area (TPSA) is 84.5 Å².